The molecule has 236 valence electrons. The average molecular weight is 640 g/mol. The van der Waals surface area contributed by atoms with Gasteiger partial charge >= 0.3 is 0 Å². The highest BCUT2D eigenvalue weighted by Crippen LogP contribution is 2.40. The number of hydrogen-bond donors (Lipinski definition) is 0. The second-order valence-corrected chi connectivity index (χ2v) is 12.6. The largest absolute Gasteiger partial charge is 0.455 e. The molecule has 9 aromatic rings. The monoisotopic (exact) mass is 639 g/mol. The van der Waals surface area contributed by atoms with Crippen molar-refractivity contribution in [2.24, 2.45) is 0 Å². The van der Waals surface area contributed by atoms with Crippen LogP contribution in [0.4, 0.5) is 17.1 Å². The van der Waals surface area contributed by atoms with Crippen molar-refractivity contribution in [3.05, 3.63) is 200 Å². The van der Waals surface area contributed by atoms with Crippen molar-refractivity contribution in [3.8, 4) is 44.5 Å². The molecule has 9 rings (SSSR count). The summed E-state index contributed by atoms with van der Waals surface area (Å²) in [6.45, 7) is 0. The third-order valence-electron chi connectivity index (χ3n) is 9.48. The molecule has 0 radical (unpaired) electrons. The number of fused-ring (bicyclic) bond motifs is 3. The van der Waals surface area contributed by atoms with Gasteiger partial charge in [-0.25, -0.2) is 0 Å². The van der Waals surface area contributed by atoms with Crippen molar-refractivity contribution in [2.45, 2.75) is 0 Å². The summed E-state index contributed by atoms with van der Waals surface area (Å²) in [5, 5.41) is 2.28. The molecular weight excluding hydrogens is 607 g/mol. The molecule has 0 bridgehead atoms. The summed E-state index contributed by atoms with van der Waals surface area (Å²) in [5.74, 6) is 0. The zero-order chi connectivity index (χ0) is 33.3. The van der Waals surface area contributed by atoms with Crippen molar-refractivity contribution >= 4 is 39.0 Å². The predicted octanol–water partition coefficient (Wildman–Crippen LogP) is 13.7. The van der Waals surface area contributed by atoms with Crippen molar-refractivity contribution in [2.75, 3.05) is 4.90 Å². The number of hydrogen-bond acceptors (Lipinski definition) is 2. The molecular formula is C48H33NO. The van der Waals surface area contributed by atoms with Crippen molar-refractivity contribution in [1.82, 2.24) is 0 Å². The highest BCUT2D eigenvalue weighted by Gasteiger charge is 2.16. The third-order valence-corrected chi connectivity index (χ3v) is 9.48. The van der Waals surface area contributed by atoms with Crippen LogP contribution in [-0.4, -0.2) is 0 Å². The predicted molar refractivity (Wildman–Crippen MR) is 210 cm³/mol. The molecule has 2 heteroatoms. The van der Waals surface area contributed by atoms with Gasteiger partial charge in [0.1, 0.15) is 11.2 Å². The molecule has 0 N–H and O–H groups in total. The number of para-hydroxylation sites is 2. The van der Waals surface area contributed by atoms with Crippen molar-refractivity contribution in [3.63, 3.8) is 0 Å². The minimum absolute atomic E-state index is 0.910. The normalized spacial score (nSPS) is 11.2. The topological polar surface area (TPSA) is 16.4 Å². The molecule has 0 spiro atoms. The van der Waals surface area contributed by atoms with E-state index < -0.39 is 0 Å². The molecule has 50 heavy (non-hydrogen) atoms. The van der Waals surface area contributed by atoms with Gasteiger partial charge in [-0.3, -0.25) is 0 Å². The summed E-state index contributed by atoms with van der Waals surface area (Å²) in [6, 6.07) is 71.1. The smallest absolute Gasteiger partial charge is 0.143 e. The lowest BCUT2D eigenvalue weighted by Crippen LogP contribution is -2.10. The van der Waals surface area contributed by atoms with Crippen LogP contribution < -0.4 is 4.90 Å². The zero-order valence-electron chi connectivity index (χ0n) is 27.4. The van der Waals surface area contributed by atoms with Crippen LogP contribution in [-0.2, 0) is 0 Å². The summed E-state index contributed by atoms with van der Waals surface area (Å²) >= 11 is 0. The third kappa shape index (κ3) is 5.53. The number of benzene rings is 8. The van der Waals surface area contributed by atoms with Crippen LogP contribution in [0.5, 0.6) is 0 Å². The lowest BCUT2D eigenvalue weighted by Gasteiger charge is -2.26. The van der Waals surface area contributed by atoms with Crippen molar-refractivity contribution in [1.29, 1.82) is 0 Å². The van der Waals surface area contributed by atoms with Gasteiger partial charge in [-0.2, -0.15) is 0 Å². The van der Waals surface area contributed by atoms with Crippen LogP contribution in [0, 0.1) is 0 Å². The van der Waals surface area contributed by atoms with E-state index >= 15 is 0 Å². The first-order chi connectivity index (χ1) is 24.8. The van der Waals surface area contributed by atoms with E-state index in [1.54, 1.807) is 0 Å². The maximum Gasteiger partial charge on any atom is 0.143 e. The van der Waals surface area contributed by atoms with Gasteiger partial charge in [0.2, 0.25) is 0 Å². The molecule has 0 saturated carbocycles. The zero-order valence-corrected chi connectivity index (χ0v) is 27.4. The minimum Gasteiger partial charge on any atom is -0.455 e. The Balaban J connectivity index is 1.12. The Bertz CT molecular complexity index is 2480. The fourth-order valence-electron chi connectivity index (χ4n) is 6.98. The Hall–Kier alpha value is -6.64. The lowest BCUT2D eigenvalue weighted by molar-refractivity contribution is 0.670. The summed E-state index contributed by atoms with van der Waals surface area (Å²) in [4.78, 5) is 2.34. The van der Waals surface area contributed by atoms with E-state index in [-0.39, 0.29) is 0 Å². The number of rotatable bonds is 7. The molecule has 0 fully saturated rings. The first-order valence-corrected chi connectivity index (χ1v) is 17.0. The van der Waals surface area contributed by atoms with Gasteiger partial charge in [0.05, 0.1) is 0 Å². The van der Waals surface area contributed by atoms with Gasteiger partial charge in [-0.15, -0.1) is 0 Å². The Labute approximate surface area is 292 Å². The van der Waals surface area contributed by atoms with E-state index in [2.05, 4.69) is 193 Å². The summed E-state index contributed by atoms with van der Waals surface area (Å²) in [6.07, 6.45) is 0. The van der Waals surface area contributed by atoms with Crippen LogP contribution in [0.3, 0.4) is 0 Å². The Morgan fingerprint density at radius 3 is 1.44 bits per heavy atom. The SMILES string of the molecule is c1ccc(-c2ccc(N(c3ccc(-c4ccccc4)cc3)c3cccc(-c4cccc(-c5cccc6c5oc5ccccc56)c4)c3)cc2)cc1. The molecule has 8 aromatic carbocycles. The number of nitrogens with zero attached hydrogens (tertiary/aromatic N) is 1. The van der Waals surface area contributed by atoms with Crippen molar-refractivity contribution < 1.29 is 4.42 Å². The Morgan fingerprint density at radius 1 is 0.300 bits per heavy atom. The van der Waals surface area contributed by atoms with E-state index in [0.717, 1.165) is 61.3 Å². The second-order valence-electron chi connectivity index (χ2n) is 12.6. The maximum atomic E-state index is 6.40. The first-order valence-electron chi connectivity index (χ1n) is 17.0. The summed E-state index contributed by atoms with van der Waals surface area (Å²) in [5.41, 5.74) is 14.4. The van der Waals surface area contributed by atoms with Crippen LogP contribution in [0.25, 0.3) is 66.4 Å². The number of anilines is 3. The molecule has 0 unspecified atom stereocenters. The van der Waals surface area contributed by atoms with Crippen LogP contribution >= 0.6 is 0 Å². The van der Waals surface area contributed by atoms with Gasteiger partial charge in [0.15, 0.2) is 0 Å². The summed E-state index contributed by atoms with van der Waals surface area (Å²) in [7, 11) is 0. The Kier molecular flexibility index (Phi) is 7.53. The van der Waals surface area contributed by atoms with Gasteiger partial charge in [-0.05, 0) is 87.5 Å². The first kappa shape index (κ1) is 29.5. The van der Waals surface area contributed by atoms with Gasteiger partial charge < -0.3 is 9.32 Å². The second kappa shape index (κ2) is 12.8. The van der Waals surface area contributed by atoms with Crippen LogP contribution in [0.2, 0.25) is 0 Å². The molecule has 0 aliphatic carbocycles. The van der Waals surface area contributed by atoms with E-state index in [0.29, 0.717) is 0 Å². The number of furan rings is 1. The standard InChI is InChI=1S/C48H33NO/c1-3-12-34(13-4-1)36-24-28-41(29-25-36)49(42-30-26-37(27-31-42)35-14-5-2-6-15-35)43-19-10-17-39(33-43)38-16-9-18-40(32-38)44-21-11-22-46-45-20-7-8-23-47(45)50-48(44)46/h1-33H. The van der Waals surface area contributed by atoms with E-state index in [4.69, 9.17) is 4.42 Å². The van der Waals surface area contributed by atoms with Gasteiger partial charge in [-0.1, -0.05) is 152 Å². The fourth-order valence-corrected chi connectivity index (χ4v) is 6.98. The van der Waals surface area contributed by atoms with Crippen LogP contribution in [0.15, 0.2) is 205 Å². The highest BCUT2D eigenvalue weighted by atomic mass is 16.3. The molecule has 0 saturated heterocycles. The van der Waals surface area contributed by atoms with Gasteiger partial charge in [0.25, 0.3) is 0 Å². The lowest BCUT2D eigenvalue weighted by atomic mass is 9.97. The molecule has 0 aliphatic heterocycles. The molecule has 0 aliphatic rings. The quantitative estimate of drug-likeness (QED) is 0.173. The highest BCUT2D eigenvalue weighted by molar-refractivity contribution is 6.09. The van der Waals surface area contributed by atoms with Crippen LogP contribution in [0.1, 0.15) is 0 Å². The average Bonchev–Trinajstić information content (AvgIpc) is 3.59. The Morgan fingerprint density at radius 2 is 0.780 bits per heavy atom. The molecule has 0 atom stereocenters. The van der Waals surface area contributed by atoms with E-state index in [1.165, 1.54) is 22.3 Å². The molecule has 1 heterocycles. The van der Waals surface area contributed by atoms with E-state index in [1.807, 2.05) is 12.1 Å². The molecule has 1 aromatic heterocycles. The molecule has 0 amide bonds. The minimum atomic E-state index is 0.910. The summed E-state index contributed by atoms with van der Waals surface area (Å²) < 4.78 is 6.40. The van der Waals surface area contributed by atoms with E-state index in [9.17, 15) is 0 Å². The molecule has 2 nitrogen and oxygen atoms in total. The maximum absolute atomic E-state index is 6.40. The fraction of sp³-hybridized carbons (Fsp3) is 0. The van der Waals surface area contributed by atoms with Gasteiger partial charge in [0, 0.05) is 33.4 Å².